The first-order chi connectivity index (χ1) is 15.6. The highest BCUT2D eigenvalue weighted by molar-refractivity contribution is 7.14. The number of aromatic nitrogens is 1. The molecule has 3 aromatic rings. The minimum atomic E-state index is -0.0351. The molecule has 1 aliphatic heterocycles. The highest BCUT2D eigenvalue weighted by Gasteiger charge is 2.26. The zero-order valence-corrected chi connectivity index (χ0v) is 19.5. The van der Waals surface area contributed by atoms with Crippen molar-refractivity contribution < 1.29 is 9.59 Å². The van der Waals surface area contributed by atoms with Crippen LogP contribution in [-0.2, 0) is 17.8 Å². The van der Waals surface area contributed by atoms with Crippen molar-refractivity contribution in [1.82, 2.24) is 9.88 Å². The van der Waals surface area contributed by atoms with Crippen molar-refractivity contribution >= 4 is 33.8 Å². The van der Waals surface area contributed by atoms with Gasteiger partial charge in [-0.15, -0.1) is 11.3 Å². The maximum Gasteiger partial charge on any atom is 0.230 e. The number of nitrogens with zero attached hydrogens (tertiary/aromatic N) is 3. The molecule has 0 bridgehead atoms. The molecule has 4 rings (SSSR count). The van der Waals surface area contributed by atoms with Gasteiger partial charge in [-0.1, -0.05) is 55.5 Å². The molecule has 0 spiro atoms. The summed E-state index contributed by atoms with van der Waals surface area (Å²) in [5.74, 6) is 0.318. The Morgan fingerprint density at radius 1 is 1.06 bits per heavy atom. The molecule has 0 aliphatic carbocycles. The molecule has 0 unspecified atom stereocenters. The number of thiazole rings is 1. The summed E-state index contributed by atoms with van der Waals surface area (Å²) in [6, 6.07) is 17.6. The van der Waals surface area contributed by atoms with Gasteiger partial charge < -0.3 is 0 Å². The van der Waals surface area contributed by atoms with Crippen LogP contribution in [0.3, 0.4) is 0 Å². The van der Waals surface area contributed by atoms with Crippen molar-refractivity contribution in [2.45, 2.75) is 39.7 Å². The van der Waals surface area contributed by atoms with E-state index in [1.54, 1.807) is 11.8 Å². The largest absolute Gasteiger partial charge is 0.297 e. The average Bonchev–Trinajstić information content (AvgIpc) is 3.27. The predicted molar refractivity (Wildman–Crippen MR) is 130 cm³/mol. The molecule has 0 radical (unpaired) electrons. The number of anilines is 2. The third-order valence-electron chi connectivity index (χ3n) is 6.06. The van der Waals surface area contributed by atoms with E-state index in [9.17, 15) is 9.59 Å². The summed E-state index contributed by atoms with van der Waals surface area (Å²) in [6.07, 6.45) is 2.59. The Labute approximate surface area is 193 Å². The lowest BCUT2D eigenvalue weighted by Crippen LogP contribution is -2.36. The number of hydrogen-bond donors (Lipinski definition) is 0. The van der Waals surface area contributed by atoms with Crippen LogP contribution in [-0.4, -0.2) is 34.7 Å². The Kier molecular flexibility index (Phi) is 7.12. The van der Waals surface area contributed by atoms with Crippen LogP contribution >= 0.6 is 11.3 Å². The van der Waals surface area contributed by atoms with E-state index in [0.717, 1.165) is 61.4 Å². The molecule has 0 N–H and O–H groups in total. The first-order valence-corrected chi connectivity index (χ1v) is 12.1. The lowest BCUT2D eigenvalue weighted by Gasteiger charge is -2.30. The van der Waals surface area contributed by atoms with E-state index in [-0.39, 0.29) is 17.6 Å². The fourth-order valence-corrected chi connectivity index (χ4v) is 5.20. The van der Waals surface area contributed by atoms with Gasteiger partial charge >= 0.3 is 0 Å². The van der Waals surface area contributed by atoms with Crippen LogP contribution in [0.2, 0.25) is 0 Å². The van der Waals surface area contributed by atoms with Crippen molar-refractivity contribution in [3.05, 3.63) is 76.8 Å². The molecule has 1 amide bonds. The summed E-state index contributed by atoms with van der Waals surface area (Å²) in [6.45, 7) is 6.18. The number of benzene rings is 2. The second-order valence-electron chi connectivity index (χ2n) is 8.24. The Morgan fingerprint density at radius 2 is 1.75 bits per heavy atom. The number of para-hydroxylation sites is 1. The van der Waals surface area contributed by atoms with Crippen LogP contribution in [0.1, 0.15) is 48.3 Å². The van der Waals surface area contributed by atoms with Crippen LogP contribution in [0, 0.1) is 5.92 Å². The number of piperidine rings is 1. The summed E-state index contributed by atoms with van der Waals surface area (Å²) in [5, 5.41) is 2.75. The minimum Gasteiger partial charge on any atom is -0.297 e. The van der Waals surface area contributed by atoms with E-state index in [2.05, 4.69) is 17.9 Å². The van der Waals surface area contributed by atoms with Crippen LogP contribution in [0.15, 0.2) is 60.0 Å². The van der Waals surface area contributed by atoms with E-state index in [1.807, 2.05) is 53.9 Å². The van der Waals surface area contributed by atoms with Gasteiger partial charge in [0.25, 0.3) is 0 Å². The molecule has 5 nitrogen and oxygen atoms in total. The van der Waals surface area contributed by atoms with Crippen LogP contribution < -0.4 is 4.90 Å². The zero-order chi connectivity index (χ0) is 22.5. The molecule has 1 fully saturated rings. The first-order valence-electron chi connectivity index (χ1n) is 11.2. The molecule has 2 aromatic carbocycles. The molecule has 1 saturated heterocycles. The smallest absolute Gasteiger partial charge is 0.230 e. The summed E-state index contributed by atoms with van der Waals surface area (Å²) in [5.41, 5.74) is 3.82. The molecule has 2 heterocycles. The topological polar surface area (TPSA) is 53.5 Å². The number of hydrogen-bond acceptors (Lipinski definition) is 5. The number of ketones is 1. The monoisotopic (exact) mass is 447 g/mol. The molecule has 0 atom stereocenters. The zero-order valence-electron chi connectivity index (χ0n) is 18.7. The fraction of sp³-hybridized carbons (Fsp3) is 0.346. The molecule has 32 heavy (non-hydrogen) atoms. The standard InChI is InChI=1S/C26H29N3O2S/c1-3-20-9-7-8-12-24(20)29(19(2)30)26-27-23(18-32-26)17-28-15-13-22(14-16-28)25(31)21-10-5-4-6-11-21/h4-12,18,22H,3,13-17H2,1-2H3. The van der Waals surface area contributed by atoms with Gasteiger partial charge in [-0.3, -0.25) is 19.4 Å². The van der Waals surface area contributed by atoms with Gasteiger partial charge in [0.15, 0.2) is 10.9 Å². The molecular weight excluding hydrogens is 418 g/mol. The van der Waals surface area contributed by atoms with E-state index < -0.39 is 0 Å². The Morgan fingerprint density at radius 3 is 2.44 bits per heavy atom. The molecule has 1 aliphatic rings. The number of carbonyl (C=O) groups is 2. The van der Waals surface area contributed by atoms with Crippen molar-refractivity contribution in [2.75, 3.05) is 18.0 Å². The van der Waals surface area contributed by atoms with Crippen LogP contribution in [0.4, 0.5) is 10.8 Å². The highest BCUT2D eigenvalue weighted by atomic mass is 32.1. The van der Waals surface area contributed by atoms with Crippen molar-refractivity contribution in [3.63, 3.8) is 0 Å². The van der Waals surface area contributed by atoms with Crippen molar-refractivity contribution in [2.24, 2.45) is 5.92 Å². The number of Topliss-reactive ketones (excluding diaryl/α,β-unsaturated/α-hetero) is 1. The fourth-order valence-electron chi connectivity index (χ4n) is 4.33. The Balaban J connectivity index is 1.40. The van der Waals surface area contributed by atoms with Gasteiger partial charge in [0, 0.05) is 30.3 Å². The molecule has 166 valence electrons. The molecule has 6 heteroatoms. The van der Waals surface area contributed by atoms with E-state index >= 15 is 0 Å². The van der Waals surface area contributed by atoms with Crippen LogP contribution in [0.25, 0.3) is 0 Å². The summed E-state index contributed by atoms with van der Waals surface area (Å²) in [4.78, 5) is 34.1. The van der Waals surface area contributed by atoms with Gasteiger partial charge in [-0.2, -0.15) is 0 Å². The predicted octanol–water partition coefficient (Wildman–Crippen LogP) is 5.49. The maximum atomic E-state index is 12.7. The minimum absolute atomic E-state index is 0.0351. The molecular formula is C26H29N3O2S. The van der Waals surface area contributed by atoms with E-state index in [0.29, 0.717) is 5.13 Å². The third kappa shape index (κ3) is 4.97. The summed E-state index contributed by atoms with van der Waals surface area (Å²) in [7, 11) is 0. The van der Waals surface area contributed by atoms with Crippen LogP contribution in [0.5, 0.6) is 0 Å². The number of carbonyl (C=O) groups excluding carboxylic acids is 2. The molecule has 0 saturated carbocycles. The van der Waals surface area contributed by atoms with Gasteiger partial charge in [0.1, 0.15) is 0 Å². The van der Waals surface area contributed by atoms with E-state index in [4.69, 9.17) is 4.98 Å². The van der Waals surface area contributed by atoms with Gasteiger partial charge in [-0.05, 0) is 44.0 Å². The van der Waals surface area contributed by atoms with E-state index in [1.165, 1.54) is 11.3 Å². The lowest BCUT2D eigenvalue weighted by atomic mass is 9.89. The van der Waals surface area contributed by atoms with Gasteiger partial charge in [0.05, 0.1) is 11.4 Å². The number of rotatable bonds is 7. The average molecular weight is 448 g/mol. The third-order valence-corrected chi connectivity index (χ3v) is 6.94. The van der Waals surface area contributed by atoms with Crippen molar-refractivity contribution in [3.8, 4) is 0 Å². The summed E-state index contributed by atoms with van der Waals surface area (Å²) >= 11 is 1.50. The number of likely N-dealkylation sites (tertiary alicyclic amines) is 1. The summed E-state index contributed by atoms with van der Waals surface area (Å²) < 4.78 is 0. The van der Waals surface area contributed by atoms with Gasteiger partial charge in [0.2, 0.25) is 5.91 Å². The molecule has 1 aromatic heterocycles. The number of amides is 1. The van der Waals surface area contributed by atoms with Gasteiger partial charge in [-0.25, -0.2) is 4.98 Å². The maximum absolute atomic E-state index is 12.7. The second-order valence-corrected chi connectivity index (χ2v) is 9.08. The number of aryl methyl sites for hydroxylation is 1. The highest BCUT2D eigenvalue weighted by Crippen LogP contribution is 2.32. The Hall–Kier alpha value is -2.83. The second kappa shape index (κ2) is 10.2. The Bertz CT molecular complexity index is 1070. The lowest BCUT2D eigenvalue weighted by molar-refractivity contribution is -0.115. The first kappa shape index (κ1) is 22.4. The normalized spacial score (nSPS) is 14.9. The van der Waals surface area contributed by atoms with Crippen molar-refractivity contribution in [1.29, 1.82) is 0 Å². The SMILES string of the molecule is CCc1ccccc1N(C(C)=O)c1nc(CN2CCC(C(=O)c3ccccc3)CC2)cs1. The quantitative estimate of drug-likeness (QED) is 0.450.